The lowest BCUT2D eigenvalue weighted by molar-refractivity contribution is -0.384. The third-order valence-corrected chi connectivity index (χ3v) is 5.52. The Hall–Kier alpha value is -3.27. The zero-order valence-electron chi connectivity index (χ0n) is 15.6. The van der Waals surface area contributed by atoms with Gasteiger partial charge in [-0.1, -0.05) is 6.07 Å². The van der Waals surface area contributed by atoms with E-state index in [-0.39, 0.29) is 17.1 Å². The van der Waals surface area contributed by atoms with Gasteiger partial charge < -0.3 is 14.1 Å². The smallest absolute Gasteiger partial charge is 0.339 e. The summed E-state index contributed by atoms with van der Waals surface area (Å²) in [5.41, 5.74) is 0.519. The van der Waals surface area contributed by atoms with E-state index in [9.17, 15) is 14.9 Å². The highest BCUT2D eigenvalue weighted by Gasteiger charge is 2.26. The van der Waals surface area contributed by atoms with Crippen LogP contribution in [0.3, 0.4) is 0 Å². The zero-order chi connectivity index (χ0) is 20.4. The number of esters is 1. The van der Waals surface area contributed by atoms with Crippen LogP contribution in [0.15, 0.2) is 40.1 Å². The first-order valence-corrected chi connectivity index (χ1v) is 10.0. The van der Waals surface area contributed by atoms with Gasteiger partial charge in [-0.15, -0.1) is 21.5 Å². The number of benzene rings is 1. The molecule has 0 spiro atoms. The van der Waals surface area contributed by atoms with Crippen LogP contribution in [0.5, 0.6) is 0 Å². The second kappa shape index (κ2) is 8.00. The maximum Gasteiger partial charge on any atom is 0.339 e. The summed E-state index contributed by atoms with van der Waals surface area (Å²) < 4.78 is 11.0. The van der Waals surface area contributed by atoms with Gasteiger partial charge in [-0.25, -0.2) is 4.79 Å². The van der Waals surface area contributed by atoms with Gasteiger partial charge in [0.2, 0.25) is 0 Å². The van der Waals surface area contributed by atoms with Crippen molar-refractivity contribution in [2.24, 2.45) is 0 Å². The number of nitro benzene ring substituents is 1. The van der Waals surface area contributed by atoms with E-state index in [0.29, 0.717) is 11.6 Å². The Morgan fingerprint density at radius 1 is 1.31 bits per heavy atom. The third-order valence-electron chi connectivity index (χ3n) is 4.66. The molecular formula is C19H18N4O5S. The normalized spacial score (nSPS) is 14.7. The van der Waals surface area contributed by atoms with Gasteiger partial charge in [0.05, 0.1) is 15.4 Å². The van der Waals surface area contributed by atoms with Crippen molar-refractivity contribution in [3.05, 3.63) is 57.3 Å². The maximum absolute atomic E-state index is 12.5. The first kappa shape index (κ1) is 19.1. The lowest BCUT2D eigenvalue weighted by Gasteiger charge is -2.18. The molecule has 10 heteroatoms. The molecular weight excluding hydrogens is 396 g/mol. The Kier molecular flexibility index (Phi) is 5.26. The number of ether oxygens (including phenoxy) is 1. The molecule has 0 N–H and O–H groups in total. The summed E-state index contributed by atoms with van der Waals surface area (Å²) in [6.45, 7) is 3.15. The second-order valence-electron chi connectivity index (χ2n) is 6.63. The molecule has 29 heavy (non-hydrogen) atoms. The molecule has 9 nitrogen and oxygen atoms in total. The van der Waals surface area contributed by atoms with Crippen molar-refractivity contribution in [3.8, 4) is 10.8 Å². The van der Waals surface area contributed by atoms with Crippen LogP contribution in [0.25, 0.3) is 10.8 Å². The summed E-state index contributed by atoms with van der Waals surface area (Å²) in [6.07, 6.45) is 1.20. The number of thiophene rings is 1. The molecule has 1 aromatic carbocycles. The summed E-state index contributed by atoms with van der Waals surface area (Å²) in [6, 6.07) is 8.12. The fourth-order valence-corrected chi connectivity index (χ4v) is 3.84. The first-order valence-electron chi connectivity index (χ1n) is 9.14. The number of rotatable bonds is 6. The molecule has 1 atom stereocenters. The molecule has 0 aliphatic carbocycles. The van der Waals surface area contributed by atoms with E-state index in [1.165, 1.54) is 17.4 Å². The summed E-state index contributed by atoms with van der Waals surface area (Å²) in [4.78, 5) is 26.3. The average Bonchev–Trinajstić information content (AvgIpc) is 3.49. The fraction of sp³-hybridized carbons (Fsp3) is 0.316. The predicted molar refractivity (Wildman–Crippen MR) is 106 cm³/mol. The van der Waals surface area contributed by atoms with Gasteiger partial charge in [-0.2, -0.15) is 0 Å². The van der Waals surface area contributed by atoms with Gasteiger partial charge in [0.1, 0.15) is 5.69 Å². The average molecular weight is 414 g/mol. The minimum Gasteiger partial charge on any atom is -0.449 e. The maximum atomic E-state index is 12.5. The van der Waals surface area contributed by atoms with E-state index in [4.69, 9.17) is 9.15 Å². The monoisotopic (exact) mass is 414 g/mol. The van der Waals surface area contributed by atoms with E-state index in [1.807, 2.05) is 22.4 Å². The van der Waals surface area contributed by atoms with Crippen LogP contribution in [0, 0.1) is 10.1 Å². The largest absolute Gasteiger partial charge is 0.449 e. The quantitative estimate of drug-likeness (QED) is 0.335. The Morgan fingerprint density at radius 2 is 2.10 bits per heavy atom. The summed E-state index contributed by atoms with van der Waals surface area (Å²) in [7, 11) is 0. The standard InChI is InChI=1S/C19H18N4O5S/c1-12(17-20-21-18(28-17)16-5-4-10-29-16)27-19(24)13-6-7-14(15(11-13)23(25)26)22-8-2-3-9-22/h4-7,10-12H,2-3,8-9H2,1H3/t12-/m0/s1. The number of nitrogens with zero attached hydrogens (tertiary/aromatic N) is 4. The molecule has 0 unspecified atom stereocenters. The Bertz CT molecular complexity index is 1030. The van der Waals surface area contributed by atoms with Crippen molar-refractivity contribution in [2.45, 2.75) is 25.9 Å². The number of anilines is 1. The number of carbonyl (C=O) groups is 1. The van der Waals surface area contributed by atoms with Crippen LogP contribution in [0.1, 0.15) is 42.1 Å². The second-order valence-corrected chi connectivity index (χ2v) is 7.57. The topological polar surface area (TPSA) is 112 Å². The molecule has 1 saturated heterocycles. The van der Waals surface area contributed by atoms with Crippen LogP contribution in [-0.4, -0.2) is 34.2 Å². The molecule has 0 saturated carbocycles. The van der Waals surface area contributed by atoms with Crippen molar-refractivity contribution >= 4 is 28.7 Å². The SMILES string of the molecule is C[C@H](OC(=O)c1ccc(N2CCCC2)c([N+](=O)[O-])c1)c1nnc(-c2cccs2)o1. The van der Waals surface area contributed by atoms with Gasteiger partial charge in [-0.05, 0) is 43.3 Å². The van der Waals surface area contributed by atoms with Crippen molar-refractivity contribution in [1.82, 2.24) is 10.2 Å². The molecule has 3 heterocycles. The van der Waals surface area contributed by atoms with Gasteiger partial charge in [0.15, 0.2) is 6.10 Å². The van der Waals surface area contributed by atoms with Crippen LogP contribution in [0.4, 0.5) is 11.4 Å². The molecule has 3 aromatic rings. The zero-order valence-corrected chi connectivity index (χ0v) is 16.4. The van der Waals surface area contributed by atoms with Gasteiger partial charge in [0.25, 0.3) is 17.5 Å². The summed E-state index contributed by atoms with van der Waals surface area (Å²) >= 11 is 1.46. The highest BCUT2D eigenvalue weighted by atomic mass is 32.1. The van der Waals surface area contributed by atoms with E-state index in [1.54, 1.807) is 19.1 Å². The van der Waals surface area contributed by atoms with Gasteiger partial charge >= 0.3 is 5.97 Å². The molecule has 1 aliphatic rings. The van der Waals surface area contributed by atoms with Crippen LogP contribution >= 0.6 is 11.3 Å². The number of carbonyl (C=O) groups excluding carboxylic acids is 1. The minimum absolute atomic E-state index is 0.101. The van der Waals surface area contributed by atoms with Crippen LogP contribution in [0.2, 0.25) is 0 Å². The lowest BCUT2D eigenvalue weighted by Crippen LogP contribution is -2.19. The Labute approximate surface area is 170 Å². The summed E-state index contributed by atoms with van der Waals surface area (Å²) in [5.74, 6) is -0.183. The van der Waals surface area contributed by atoms with E-state index < -0.39 is 17.0 Å². The van der Waals surface area contributed by atoms with E-state index in [2.05, 4.69) is 10.2 Å². The van der Waals surface area contributed by atoms with Crippen molar-refractivity contribution < 1.29 is 18.9 Å². The van der Waals surface area contributed by atoms with Crippen LogP contribution in [-0.2, 0) is 4.74 Å². The Morgan fingerprint density at radius 3 is 2.79 bits per heavy atom. The number of hydrogen-bond acceptors (Lipinski definition) is 9. The van der Waals surface area contributed by atoms with Gasteiger partial charge in [-0.3, -0.25) is 10.1 Å². The first-order chi connectivity index (χ1) is 14.0. The third kappa shape index (κ3) is 3.97. The molecule has 0 amide bonds. The lowest BCUT2D eigenvalue weighted by atomic mass is 10.1. The molecule has 1 fully saturated rings. The summed E-state index contributed by atoms with van der Waals surface area (Å²) in [5, 5.41) is 21.3. The molecule has 1 aliphatic heterocycles. The molecule has 0 bridgehead atoms. The predicted octanol–water partition coefficient (Wildman–Crippen LogP) is 4.22. The number of hydrogen-bond donors (Lipinski definition) is 0. The molecule has 4 rings (SSSR count). The molecule has 0 radical (unpaired) electrons. The number of aromatic nitrogens is 2. The Balaban J connectivity index is 1.50. The highest BCUT2D eigenvalue weighted by Crippen LogP contribution is 2.32. The number of nitro groups is 1. The van der Waals surface area contributed by atoms with Crippen LogP contribution < -0.4 is 4.90 Å². The fourth-order valence-electron chi connectivity index (χ4n) is 3.20. The van der Waals surface area contributed by atoms with Crippen molar-refractivity contribution in [2.75, 3.05) is 18.0 Å². The van der Waals surface area contributed by atoms with Gasteiger partial charge in [0, 0.05) is 19.2 Å². The van der Waals surface area contributed by atoms with Crippen molar-refractivity contribution in [3.63, 3.8) is 0 Å². The van der Waals surface area contributed by atoms with Crippen molar-refractivity contribution in [1.29, 1.82) is 0 Å². The van der Waals surface area contributed by atoms with E-state index in [0.717, 1.165) is 30.8 Å². The minimum atomic E-state index is -0.791. The molecule has 2 aromatic heterocycles. The van der Waals surface area contributed by atoms with E-state index >= 15 is 0 Å². The highest BCUT2D eigenvalue weighted by molar-refractivity contribution is 7.13. The molecule has 150 valence electrons.